The molecule has 3 aromatic rings. The Bertz CT molecular complexity index is 984. The SMILES string of the molecule is O=C(Nc1ccc(C(=O)NC(c2ccc(F)cc2)c2cccs2)cc1)NC1CC1. The van der Waals surface area contributed by atoms with Gasteiger partial charge in [-0.3, -0.25) is 4.79 Å². The standard InChI is InChI=1S/C22H20FN3O2S/c23-16-7-3-14(4-8-16)20(19-2-1-13-29-19)26-21(27)15-5-9-17(10-6-15)24-22(28)25-18-11-12-18/h1-10,13,18,20H,11-12H2,(H,26,27)(H2,24,25,28). The van der Waals surface area contributed by atoms with Gasteiger partial charge in [0.25, 0.3) is 5.91 Å². The summed E-state index contributed by atoms with van der Waals surface area (Å²) >= 11 is 1.52. The van der Waals surface area contributed by atoms with Gasteiger partial charge in [0, 0.05) is 22.2 Å². The summed E-state index contributed by atoms with van der Waals surface area (Å²) in [5.41, 5.74) is 1.90. The zero-order valence-corrected chi connectivity index (χ0v) is 16.3. The Balaban J connectivity index is 1.45. The molecule has 3 N–H and O–H groups in total. The highest BCUT2D eigenvalue weighted by Crippen LogP contribution is 2.27. The largest absolute Gasteiger partial charge is 0.340 e. The summed E-state index contributed by atoms with van der Waals surface area (Å²) < 4.78 is 13.3. The van der Waals surface area contributed by atoms with Gasteiger partial charge in [0.1, 0.15) is 5.82 Å². The zero-order valence-electron chi connectivity index (χ0n) is 15.5. The summed E-state index contributed by atoms with van der Waals surface area (Å²) in [6.45, 7) is 0. The van der Waals surface area contributed by atoms with Crippen LogP contribution in [0, 0.1) is 5.82 Å². The average Bonchev–Trinajstić information content (AvgIpc) is 3.36. The summed E-state index contributed by atoms with van der Waals surface area (Å²) in [6, 6.07) is 16.3. The second-order valence-electron chi connectivity index (χ2n) is 6.92. The molecule has 3 amide bonds. The fourth-order valence-electron chi connectivity index (χ4n) is 2.93. The van der Waals surface area contributed by atoms with E-state index in [1.165, 1.54) is 23.5 Å². The number of rotatable bonds is 6. The zero-order chi connectivity index (χ0) is 20.2. The van der Waals surface area contributed by atoms with E-state index in [9.17, 15) is 14.0 Å². The third-order valence-electron chi connectivity index (χ3n) is 4.62. The van der Waals surface area contributed by atoms with Gasteiger partial charge < -0.3 is 16.0 Å². The van der Waals surface area contributed by atoms with E-state index in [-0.39, 0.29) is 29.8 Å². The molecule has 0 bridgehead atoms. The molecule has 148 valence electrons. The molecule has 1 aromatic heterocycles. The number of carbonyl (C=O) groups excluding carboxylic acids is 2. The van der Waals surface area contributed by atoms with Crippen LogP contribution < -0.4 is 16.0 Å². The summed E-state index contributed by atoms with van der Waals surface area (Å²) in [5.74, 6) is -0.569. The molecule has 1 saturated carbocycles. The van der Waals surface area contributed by atoms with Crippen molar-refractivity contribution in [1.29, 1.82) is 0 Å². The third-order valence-corrected chi connectivity index (χ3v) is 5.56. The molecular weight excluding hydrogens is 389 g/mol. The summed E-state index contributed by atoms with van der Waals surface area (Å²) in [4.78, 5) is 25.6. The summed E-state index contributed by atoms with van der Waals surface area (Å²) in [5, 5.41) is 10.6. The van der Waals surface area contributed by atoms with E-state index in [4.69, 9.17) is 0 Å². The molecule has 0 radical (unpaired) electrons. The van der Waals surface area contributed by atoms with Crippen LogP contribution in [0.15, 0.2) is 66.0 Å². The summed E-state index contributed by atoms with van der Waals surface area (Å²) in [6.07, 6.45) is 2.04. The van der Waals surface area contributed by atoms with Gasteiger partial charge in [0.2, 0.25) is 0 Å². The molecule has 4 rings (SSSR count). The number of amides is 3. The highest BCUT2D eigenvalue weighted by Gasteiger charge is 2.23. The quantitative estimate of drug-likeness (QED) is 0.553. The minimum absolute atomic E-state index is 0.237. The van der Waals surface area contributed by atoms with E-state index in [0.717, 1.165) is 23.3 Å². The molecule has 0 saturated heterocycles. The van der Waals surface area contributed by atoms with Crippen LogP contribution in [-0.2, 0) is 0 Å². The number of halogens is 1. The molecule has 1 unspecified atom stereocenters. The monoisotopic (exact) mass is 409 g/mol. The third kappa shape index (κ3) is 5.00. The Morgan fingerprint density at radius 1 is 1.00 bits per heavy atom. The molecular formula is C22H20FN3O2S. The fourth-order valence-corrected chi connectivity index (χ4v) is 3.73. The molecule has 1 atom stereocenters. The van der Waals surface area contributed by atoms with Crippen molar-refractivity contribution in [3.05, 3.63) is 87.9 Å². The Hall–Kier alpha value is -3.19. The first-order valence-electron chi connectivity index (χ1n) is 9.36. The number of hydrogen-bond acceptors (Lipinski definition) is 3. The average molecular weight is 409 g/mol. The lowest BCUT2D eigenvalue weighted by molar-refractivity contribution is 0.0943. The topological polar surface area (TPSA) is 70.2 Å². The van der Waals surface area contributed by atoms with E-state index in [2.05, 4.69) is 16.0 Å². The van der Waals surface area contributed by atoms with Crippen molar-refractivity contribution in [2.45, 2.75) is 24.9 Å². The van der Waals surface area contributed by atoms with E-state index < -0.39 is 0 Å². The maximum atomic E-state index is 13.3. The van der Waals surface area contributed by atoms with Crippen LogP contribution in [-0.4, -0.2) is 18.0 Å². The van der Waals surface area contributed by atoms with Gasteiger partial charge in [0.15, 0.2) is 0 Å². The predicted octanol–water partition coefficient (Wildman–Crippen LogP) is 4.69. The molecule has 1 aliphatic rings. The van der Waals surface area contributed by atoms with Crippen molar-refractivity contribution in [3.8, 4) is 0 Å². The lowest BCUT2D eigenvalue weighted by Gasteiger charge is -2.18. The highest BCUT2D eigenvalue weighted by molar-refractivity contribution is 7.10. The van der Waals surface area contributed by atoms with Gasteiger partial charge >= 0.3 is 6.03 Å². The van der Waals surface area contributed by atoms with Gasteiger partial charge in [-0.2, -0.15) is 0 Å². The number of nitrogens with one attached hydrogen (secondary N) is 3. The lowest BCUT2D eigenvalue weighted by Crippen LogP contribution is -2.30. The first kappa shape index (κ1) is 19.1. The number of anilines is 1. The minimum Gasteiger partial charge on any atom is -0.340 e. The van der Waals surface area contributed by atoms with E-state index in [0.29, 0.717) is 11.3 Å². The molecule has 29 heavy (non-hydrogen) atoms. The van der Waals surface area contributed by atoms with Crippen molar-refractivity contribution in [1.82, 2.24) is 10.6 Å². The molecule has 1 fully saturated rings. The van der Waals surface area contributed by atoms with Crippen molar-refractivity contribution in [2.75, 3.05) is 5.32 Å². The van der Waals surface area contributed by atoms with Crippen LogP contribution in [0.4, 0.5) is 14.9 Å². The van der Waals surface area contributed by atoms with E-state index in [1.54, 1.807) is 36.4 Å². The van der Waals surface area contributed by atoms with Crippen LogP contribution in [0.25, 0.3) is 0 Å². The second kappa shape index (κ2) is 8.45. The van der Waals surface area contributed by atoms with Crippen molar-refractivity contribution >= 4 is 29.0 Å². The molecule has 7 heteroatoms. The first-order valence-corrected chi connectivity index (χ1v) is 10.2. The number of urea groups is 1. The number of thiophene rings is 1. The number of carbonyl (C=O) groups is 2. The van der Waals surface area contributed by atoms with Gasteiger partial charge in [-0.1, -0.05) is 18.2 Å². The molecule has 5 nitrogen and oxygen atoms in total. The molecule has 1 aliphatic carbocycles. The maximum absolute atomic E-state index is 13.3. The van der Waals surface area contributed by atoms with Gasteiger partial charge in [0.05, 0.1) is 6.04 Å². The number of hydrogen-bond donors (Lipinski definition) is 3. The van der Waals surface area contributed by atoms with Crippen LogP contribution in [0.3, 0.4) is 0 Å². The van der Waals surface area contributed by atoms with Crippen molar-refractivity contribution < 1.29 is 14.0 Å². The maximum Gasteiger partial charge on any atom is 0.319 e. The van der Waals surface area contributed by atoms with Crippen LogP contribution in [0.2, 0.25) is 0 Å². The predicted molar refractivity (Wildman–Crippen MR) is 112 cm³/mol. The Morgan fingerprint density at radius 2 is 1.72 bits per heavy atom. The number of benzene rings is 2. The van der Waals surface area contributed by atoms with Gasteiger partial charge in [-0.15, -0.1) is 11.3 Å². The van der Waals surface area contributed by atoms with Crippen molar-refractivity contribution in [3.63, 3.8) is 0 Å². The van der Waals surface area contributed by atoms with Crippen LogP contribution >= 0.6 is 11.3 Å². The molecule has 1 heterocycles. The van der Waals surface area contributed by atoms with E-state index in [1.807, 2.05) is 17.5 Å². The fraction of sp³-hybridized carbons (Fsp3) is 0.182. The smallest absolute Gasteiger partial charge is 0.319 e. The Labute approximate surface area is 172 Å². The molecule has 0 aliphatic heterocycles. The second-order valence-corrected chi connectivity index (χ2v) is 7.90. The minimum atomic E-state index is -0.370. The first-order chi connectivity index (χ1) is 14.1. The molecule has 2 aromatic carbocycles. The highest BCUT2D eigenvalue weighted by atomic mass is 32.1. The lowest BCUT2D eigenvalue weighted by atomic mass is 10.0. The molecule has 0 spiro atoms. The van der Waals surface area contributed by atoms with Crippen molar-refractivity contribution in [2.24, 2.45) is 0 Å². The van der Waals surface area contributed by atoms with E-state index >= 15 is 0 Å². The van der Waals surface area contributed by atoms with Gasteiger partial charge in [-0.25, -0.2) is 9.18 Å². The Morgan fingerprint density at radius 3 is 2.34 bits per heavy atom. The Kier molecular flexibility index (Phi) is 5.57. The van der Waals surface area contributed by atoms with Crippen LogP contribution in [0.5, 0.6) is 0 Å². The van der Waals surface area contributed by atoms with Gasteiger partial charge in [-0.05, 0) is 66.2 Å². The summed E-state index contributed by atoms with van der Waals surface area (Å²) in [7, 11) is 0. The normalized spacial score (nSPS) is 14.1. The van der Waals surface area contributed by atoms with Crippen LogP contribution in [0.1, 0.15) is 39.7 Å².